The summed E-state index contributed by atoms with van der Waals surface area (Å²) in [5.41, 5.74) is 0.507. The van der Waals surface area contributed by atoms with Gasteiger partial charge in [-0.2, -0.15) is 13.2 Å². The third kappa shape index (κ3) is 6.16. The molecule has 0 aliphatic heterocycles. The lowest BCUT2D eigenvalue weighted by Gasteiger charge is -2.25. The fourth-order valence-electron chi connectivity index (χ4n) is 3.79. The number of rotatable bonds is 9. The Morgan fingerprint density at radius 1 is 1.03 bits per heavy atom. The highest BCUT2D eigenvalue weighted by molar-refractivity contribution is 7.13. The number of para-hydroxylation sites is 1. The Labute approximate surface area is 205 Å². The number of nitrogens with one attached hydrogen (secondary N) is 1. The van der Waals surface area contributed by atoms with Crippen LogP contribution in [0.1, 0.15) is 30.9 Å². The summed E-state index contributed by atoms with van der Waals surface area (Å²) < 4.78 is 38.8. The van der Waals surface area contributed by atoms with E-state index in [0.29, 0.717) is 24.5 Å². The fourth-order valence-corrected chi connectivity index (χ4v) is 4.45. The molecule has 0 fully saturated rings. The van der Waals surface area contributed by atoms with Gasteiger partial charge in [-0.25, -0.2) is 9.97 Å². The van der Waals surface area contributed by atoms with Crippen molar-refractivity contribution in [1.29, 1.82) is 0 Å². The molecule has 9 heteroatoms. The SMILES string of the molecule is CCCN(CCC(=O)NCc1cccc(C(F)(F)F)c1)c1nc(-c2cccs2)nc2ccccc12. The summed E-state index contributed by atoms with van der Waals surface area (Å²) in [6.07, 6.45) is -3.37. The summed E-state index contributed by atoms with van der Waals surface area (Å²) in [6.45, 7) is 3.22. The van der Waals surface area contributed by atoms with Gasteiger partial charge in [0.2, 0.25) is 5.91 Å². The minimum atomic E-state index is -4.41. The van der Waals surface area contributed by atoms with Crippen LogP contribution in [0.2, 0.25) is 0 Å². The van der Waals surface area contributed by atoms with Gasteiger partial charge in [0.05, 0.1) is 16.0 Å². The van der Waals surface area contributed by atoms with E-state index in [9.17, 15) is 18.0 Å². The van der Waals surface area contributed by atoms with E-state index in [-0.39, 0.29) is 18.9 Å². The number of amides is 1. The second-order valence-corrected chi connectivity index (χ2v) is 9.02. The summed E-state index contributed by atoms with van der Waals surface area (Å²) in [5, 5.41) is 5.62. The van der Waals surface area contributed by atoms with Crippen LogP contribution in [0.25, 0.3) is 21.6 Å². The molecule has 0 saturated carbocycles. The van der Waals surface area contributed by atoms with Crippen molar-refractivity contribution in [3.63, 3.8) is 0 Å². The highest BCUT2D eigenvalue weighted by atomic mass is 32.1. The molecular formula is C26H25F3N4OS. The van der Waals surface area contributed by atoms with E-state index in [2.05, 4.69) is 17.1 Å². The molecule has 182 valence electrons. The standard InChI is InChI=1S/C26H25F3N4OS/c1-2-13-33(14-12-23(34)30-17-18-7-5-8-19(16-18)26(27,28)29)25-20-9-3-4-10-21(20)31-24(32-25)22-11-6-15-35-22/h3-11,15-16H,2,12-14,17H2,1H3,(H,30,34). The first-order valence-corrected chi connectivity index (χ1v) is 12.2. The molecule has 1 amide bonds. The van der Waals surface area contributed by atoms with Gasteiger partial charge in [-0.05, 0) is 47.7 Å². The topological polar surface area (TPSA) is 58.1 Å². The number of hydrogen-bond acceptors (Lipinski definition) is 5. The van der Waals surface area contributed by atoms with E-state index in [0.717, 1.165) is 40.2 Å². The molecule has 1 N–H and O–H groups in total. The van der Waals surface area contributed by atoms with E-state index >= 15 is 0 Å². The lowest BCUT2D eigenvalue weighted by molar-refractivity contribution is -0.137. The van der Waals surface area contributed by atoms with Gasteiger partial charge >= 0.3 is 6.18 Å². The first kappa shape index (κ1) is 24.7. The molecule has 0 aliphatic carbocycles. The molecule has 2 aromatic heterocycles. The Bertz CT molecular complexity index is 1290. The van der Waals surface area contributed by atoms with Crippen LogP contribution in [0.15, 0.2) is 66.0 Å². The van der Waals surface area contributed by atoms with Crippen molar-refractivity contribution in [2.45, 2.75) is 32.5 Å². The quantitative estimate of drug-likeness (QED) is 0.294. The van der Waals surface area contributed by atoms with E-state index in [4.69, 9.17) is 9.97 Å². The maximum Gasteiger partial charge on any atom is 0.416 e. The smallest absolute Gasteiger partial charge is 0.355 e. The van der Waals surface area contributed by atoms with Crippen molar-refractivity contribution in [2.24, 2.45) is 0 Å². The second-order valence-electron chi connectivity index (χ2n) is 8.08. The first-order chi connectivity index (χ1) is 16.8. The number of nitrogens with zero attached hydrogens (tertiary/aromatic N) is 3. The highest BCUT2D eigenvalue weighted by Crippen LogP contribution is 2.30. The van der Waals surface area contributed by atoms with Crippen molar-refractivity contribution < 1.29 is 18.0 Å². The van der Waals surface area contributed by atoms with E-state index in [1.54, 1.807) is 17.4 Å². The van der Waals surface area contributed by atoms with E-state index < -0.39 is 11.7 Å². The molecule has 0 radical (unpaired) electrons. The van der Waals surface area contributed by atoms with Gasteiger partial charge in [0, 0.05) is 31.4 Å². The summed E-state index contributed by atoms with van der Waals surface area (Å²) in [4.78, 5) is 25.2. The number of fused-ring (bicyclic) bond motifs is 1. The molecule has 2 aromatic carbocycles. The van der Waals surface area contributed by atoms with Gasteiger partial charge in [0.25, 0.3) is 0 Å². The van der Waals surface area contributed by atoms with Crippen LogP contribution in [0.5, 0.6) is 0 Å². The number of anilines is 1. The molecule has 35 heavy (non-hydrogen) atoms. The molecule has 0 spiro atoms. The zero-order valence-corrected chi connectivity index (χ0v) is 20.0. The van der Waals surface area contributed by atoms with Crippen LogP contribution in [0, 0.1) is 0 Å². The first-order valence-electron chi connectivity index (χ1n) is 11.3. The Morgan fingerprint density at radius 2 is 1.86 bits per heavy atom. The molecule has 4 aromatic rings. The van der Waals surface area contributed by atoms with E-state index in [1.807, 2.05) is 41.8 Å². The Hall–Kier alpha value is -3.46. The molecule has 0 atom stereocenters. The van der Waals surface area contributed by atoms with Crippen LogP contribution in [0.4, 0.5) is 19.0 Å². The summed E-state index contributed by atoms with van der Waals surface area (Å²) in [7, 11) is 0. The third-order valence-electron chi connectivity index (χ3n) is 5.47. The van der Waals surface area contributed by atoms with Gasteiger partial charge in [0.1, 0.15) is 5.82 Å². The number of alkyl halides is 3. The van der Waals surface area contributed by atoms with Gasteiger partial charge in [-0.3, -0.25) is 4.79 Å². The monoisotopic (exact) mass is 498 g/mol. The largest absolute Gasteiger partial charge is 0.416 e. The average molecular weight is 499 g/mol. The number of thiophene rings is 1. The molecule has 0 saturated heterocycles. The third-order valence-corrected chi connectivity index (χ3v) is 6.34. The molecular weight excluding hydrogens is 473 g/mol. The molecule has 0 bridgehead atoms. The number of carbonyl (C=O) groups excluding carboxylic acids is 1. The number of halogens is 3. The summed E-state index contributed by atoms with van der Waals surface area (Å²) >= 11 is 1.57. The van der Waals surface area contributed by atoms with Crippen LogP contribution in [0.3, 0.4) is 0 Å². The Morgan fingerprint density at radius 3 is 2.60 bits per heavy atom. The predicted octanol–water partition coefficient (Wildman–Crippen LogP) is 6.30. The second kappa shape index (κ2) is 10.9. The van der Waals surface area contributed by atoms with Gasteiger partial charge in [-0.1, -0.05) is 37.3 Å². The summed E-state index contributed by atoms with van der Waals surface area (Å²) in [5.74, 6) is 1.18. The van der Waals surface area contributed by atoms with Gasteiger partial charge in [0.15, 0.2) is 5.82 Å². The molecule has 5 nitrogen and oxygen atoms in total. The number of aromatic nitrogens is 2. The van der Waals surface area contributed by atoms with Crippen molar-refractivity contribution in [1.82, 2.24) is 15.3 Å². The van der Waals surface area contributed by atoms with Crippen molar-refractivity contribution in [2.75, 3.05) is 18.0 Å². The number of hydrogen-bond donors (Lipinski definition) is 1. The van der Waals surface area contributed by atoms with Crippen LogP contribution in [-0.4, -0.2) is 29.0 Å². The predicted molar refractivity (Wildman–Crippen MR) is 133 cm³/mol. The lowest BCUT2D eigenvalue weighted by atomic mass is 10.1. The maximum absolute atomic E-state index is 12.9. The number of benzene rings is 2. The molecule has 0 unspecified atom stereocenters. The van der Waals surface area contributed by atoms with Gasteiger partial charge in [-0.15, -0.1) is 11.3 Å². The van der Waals surface area contributed by atoms with Crippen LogP contribution in [-0.2, 0) is 17.5 Å². The number of carbonyl (C=O) groups is 1. The summed E-state index contributed by atoms with van der Waals surface area (Å²) in [6, 6.07) is 16.7. The Kier molecular flexibility index (Phi) is 7.65. The minimum absolute atomic E-state index is 0.0372. The minimum Gasteiger partial charge on any atom is -0.355 e. The molecule has 2 heterocycles. The normalized spacial score (nSPS) is 11.5. The van der Waals surface area contributed by atoms with Crippen molar-refractivity contribution in [3.05, 3.63) is 77.2 Å². The molecule has 4 rings (SSSR count). The maximum atomic E-state index is 12.9. The zero-order valence-electron chi connectivity index (χ0n) is 19.2. The van der Waals surface area contributed by atoms with Crippen LogP contribution >= 0.6 is 11.3 Å². The van der Waals surface area contributed by atoms with Crippen molar-refractivity contribution in [3.8, 4) is 10.7 Å². The highest BCUT2D eigenvalue weighted by Gasteiger charge is 2.30. The van der Waals surface area contributed by atoms with Gasteiger partial charge < -0.3 is 10.2 Å². The zero-order chi connectivity index (χ0) is 24.8. The van der Waals surface area contributed by atoms with Crippen molar-refractivity contribution >= 4 is 34.0 Å². The fraction of sp³-hybridized carbons (Fsp3) is 0.269. The lowest BCUT2D eigenvalue weighted by Crippen LogP contribution is -2.32. The average Bonchev–Trinajstić information content (AvgIpc) is 3.39. The Balaban J connectivity index is 1.48. The molecule has 0 aliphatic rings. The van der Waals surface area contributed by atoms with E-state index in [1.165, 1.54) is 6.07 Å². The van der Waals surface area contributed by atoms with Crippen LogP contribution < -0.4 is 10.2 Å².